The monoisotopic (exact) mass is 661 g/mol. The van der Waals surface area contributed by atoms with Crippen LogP contribution in [0.2, 0.25) is 5.02 Å². The molecule has 3 amide bonds. The number of methoxy groups -OCH3 is 1. The number of carbonyl (C=O) groups excluding carboxylic acids is 3. The van der Waals surface area contributed by atoms with Crippen LogP contribution in [-0.4, -0.2) is 63.7 Å². The van der Waals surface area contributed by atoms with E-state index < -0.39 is 18.2 Å². The van der Waals surface area contributed by atoms with Gasteiger partial charge in [-0.3, -0.25) is 14.9 Å². The normalized spacial score (nSPS) is 19.1. The quantitative estimate of drug-likeness (QED) is 0.229. The number of ether oxygens (including phenoxy) is 1. The number of rotatable bonds is 3. The summed E-state index contributed by atoms with van der Waals surface area (Å²) < 4.78 is 36.4. The summed E-state index contributed by atoms with van der Waals surface area (Å²) in [6, 6.07) is 12.7. The molecule has 15 heteroatoms. The number of alkyl halides is 3. The van der Waals surface area contributed by atoms with E-state index in [-0.39, 0.29) is 23.8 Å². The number of hydrogen-bond donors (Lipinski definition) is 4. The zero-order valence-corrected chi connectivity index (χ0v) is 25.3. The largest absolute Gasteiger partial charge is 0.490 e. The number of nitrogens with one attached hydrogen (secondary N) is 3. The molecule has 0 spiro atoms. The number of hydrogen-bond acceptors (Lipinski definition) is 6. The molecule has 1 fully saturated rings. The highest BCUT2D eigenvalue weighted by Gasteiger charge is 2.38. The highest BCUT2D eigenvalue weighted by Crippen LogP contribution is 2.37. The van der Waals surface area contributed by atoms with Gasteiger partial charge >= 0.3 is 18.2 Å². The van der Waals surface area contributed by atoms with Crippen molar-refractivity contribution in [2.75, 3.05) is 24.3 Å². The molecule has 46 heavy (non-hydrogen) atoms. The van der Waals surface area contributed by atoms with Gasteiger partial charge in [0.15, 0.2) is 0 Å². The van der Waals surface area contributed by atoms with E-state index in [1.54, 1.807) is 24.4 Å². The number of amides is 3. The van der Waals surface area contributed by atoms with Crippen LogP contribution in [0.25, 0.3) is 11.3 Å². The minimum absolute atomic E-state index is 0.0719. The van der Waals surface area contributed by atoms with Crippen molar-refractivity contribution in [3.05, 3.63) is 77.2 Å². The molecule has 2 aliphatic heterocycles. The predicted octanol–water partition coefficient (Wildman–Crippen LogP) is 6.67. The van der Waals surface area contributed by atoms with Gasteiger partial charge in [-0.1, -0.05) is 35.9 Å². The number of nitrogens with zero attached hydrogens (tertiary/aromatic N) is 2. The number of likely N-dealkylation sites (tertiary alicyclic amines) is 1. The highest BCUT2D eigenvalue weighted by molar-refractivity contribution is 6.30. The number of allylic oxidation sites excluding steroid dienone is 1. The van der Waals surface area contributed by atoms with Gasteiger partial charge in [-0.05, 0) is 61.1 Å². The van der Waals surface area contributed by atoms with E-state index in [0.717, 1.165) is 17.5 Å². The van der Waals surface area contributed by atoms with Crippen molar-refractivity contribution in [2.45, 2.75) is 50.2 Å². The number of carbonyl (C=O) groups is 4. The second-order valence-corrected chi connectivity index (χ2v) is 10.9. The molecule has 1 saturated heterocycles. The summed E-state index contributed by atoms with van der Waals surface area (Å²) in [6.45, 7) is 0.601. The Morgan fingerprint density at radius 1 is 1.15 bits per heavy atom. The van der Waals surface area contributed by atoms with Gasteiger partial charge in [0.05, 0.1) is 30.7 Å². The Kier molecular flexibility index (Phi) is 11.1. The van der Waals surface area contributed by atoms with E-state index in [4.69, 9.17) is 21.5 Å². The van der Waals surface area contributed by atoms with Crippen molar-refractivity contribution in [1.29, 1.82) is 0 Å². The Morgan fingerprint density at radius 3 is 2.59 bits per heavy atom. The molecule has 2 aliphatic rings. The molecule has 2 bridgehead atoms. The predicted molar refractivity (Wildman–Crippen MR) is 163 cm³/mol. The maximum atomic E-state index is 13.4. The molecular formula is C31H31ClF3N5O6. The highest BCUT2D eigenvalue weighted by atomic mass is 35.5. The Labute approximate surface area is 266 Å². The van der Waals surface area contributed by atoms with E-state index in [9.17, 15) is 27.6 Å². The van der Waals surface area contributed by atoms with E-state index in [0.29, 0.717) is 60.1 Å². The van der Waals surface area contributed by atoms with Gasteiger partial charge in [0, 0.05) is 35.7 Å². The molecule has 3 aromatic rings. The van der Waals surface area contributed by atoms with Crippen LogP contribution in [0.15, 0.2) is 60.8 Å². The van der Waals surface area contributed by atoms with Crippen molar-refractivity contribution < 1.29 is 42.2 Å². The average Bonchev–Trinajstić information content (AvgIpc) is 3.49. The maximum absolute atomic E-state index is 13.4. The fourth-order valence-corrected chi connectivity index (χ4v) is 5.35. The van der Waals surface area contributed by atoms with Crippen LogP contribution in [-0.2, 0) is 19.1 Å². The van der Waals surface area contributed by atoms with Gasteiger partial charge in [-0.2, -0.15) is 13.2 Å². The second-order valence-electron chi connectivity index (χ2n) is 10.5. The number of aromatic amines is 1. The third-order valence-corrected chi connectivity index (χ3v) is 7.62. The Morgan fingerprint density at radius 2 is 1.91 bits per heavy atom. The summed E-state index contributed by atoms with van der Waals surface area (Å²) in [7, 11) is 1.29. The summed E-state index contributed by atoms with van der Waals surface area (Å²) in [5.74, 6) is -2.03. The zero-order chi connectivity index (χ0) is 33.4. The number of imidazole rings is 1. The molecule has 244 valence electrons. The van der Waals surface area contributed by atoms with Crippen LogP contribution in [0.4, 0.5) is 29.3 Å². The number of fused-ring (bicyclic) bond motifs is 4. The molecule has 1 unspecified atom stereocenters. The molecule has 0 aliphatic carbocycles. The molecule has 0 saturated carbocycles. The van der Waals surface area contributed by atoms with Gasteiger partial charge in [0.1, 0.15) is 5.82 Å². The van der Waals surface area contributed by atoms with Crippen LogP contribution >= 0.6 is 11.6 Å². The van der Waals surface area contributed by atoms with Crippen molar-refractivity contribution in [3.63, 3.8) is 0 Å². The molecule has 11 nitrogen and oxygen atoms in total. The topological polar surface area (TPSA) is 154 Å². The minimum atomic E-state index is -5.08. The number of carboxylic acids is 1. The van der Waals surface area contributed by atoms with Crippen molar-refractivity contribution in [2.24, 2.45) is 0 Å². The first-order chi connectivity index (χ1) is 21.8. The maximum Gasteiger partial charge on any atom is 0.490 e. The van der Waals surface area contributed by atoms with Crippen LogP contribution < -0.4 is 10.6 Å². The average molecular weight is 662 g/mol. The number of halogens is 4. The van der Waals surface area contributed by atoms with Crippen LogP contribution in [0.1, 0.15) is 55.5 Å². The number of carboxylic acid groups (broad SMARTS) is 1. The van der Waals surface area contributed by atoms with Gasteiger partial charge in [0.25, 0.3) is 0 Å². The Bertz CT molecular complexity index is 1630. The number of aromatic nitrogens is 2. The lowest BCUT2D eigenvalue weighted by atomic mass is 9.88. The van der Waals surface area contributed by atoms with Gasteiger partial charge in [0.2, 0.25) is 11.8 Å². The first-order valence-corrected chi connectivity index (χ1v) is 14.6. The minimum Gasteiger partial charge on any atom is -0.475 e. The fraction of sp³-hybridized carbons (Fsp3) is 0.323. The zero-order valence-electron chi connectivity index (χ0n) is 24.6. The summed E-state index contributed by atoms with van der Waals surface area (Å²) in [5, 5.41) is 13.4. The molecule has 0 radical (unpaired) electrons. The van der Waals surface area contributed by atoms with E-state index in [2.05, 4.69) is 25.3 Å². The summed E-state index contributed by atoms with van der Waals surface area (Å²) in [4.78, 5) is 56.7. The van der Waals surface area contributed by atoms with Crippen molar-refractivity contribution in [1.82, 2.24) is 14.9 Å². The SMILES string of the molecule is COC(=O)Nc1ccc2c(c1)NC(=O)CC/C=C/C[C@H](N1CCC(c3cccc(Cl)c3)CC1=O)c1ncc-2[nH]1.O=C(O)C(F)(F)F. The third kappa shape index (κ3) is 8.87. The molecule has 3 heterocycles. The molecule has 2 atom stereocenters. The summed E-state index contributed by atoms with van der Waals surface area (Å²) in [6.07, 6.45) is 2.67. The molecule has 4 N–H and O–H groups in total. The standard InChI is InChI=1S/C29H30ClN5O4.C2HF3O2/c1-39-29(38)32-21-10-11-22-23(16-21)33-26(36)9-4-2-3-8-25(28-31-17-24(22)34-28)35-13-12-19(15-27(35)37)18-6-5-7-20(30)14-18;3-2(4,5)1(6)7/h2-3,5-7,10-11,14,16-17,19,25H,4,8-9,12-13,15H2,1H3,(H,31,34)(H,32,38)(H,33,36);(H,6,7)/b3-2+;/t19?,25-;/m0./s1. The first kappa shape index (κ1) is 34.0. The van der Waals surface area contributed by atoms with Crippen LogP contribution in [0, 0.1) is 0 Å². The van der Waals surface area contributed by atoms with Crippen molar-refractivity contribution in [3.8, 4) is 11.3 Å². The van der Waals surface area contributed by atoms with E-state index in [1.807, 2.05) is 41.3 Å². The molecule has 2 aromatic carbocycles. The summed E-state index contributed by atoms with van der Waals surface area (Å²) >= 11 is 6.19. The number of anilines is 2. The second kappa shape index (κ2) is 15.0. The van der Waals surface area contributed by atoms with Gasteiger partial charge in [-0.25, -0.2) is 14.6 Å². The van der Waals surface area contributed by atoms with Crippen molar-refractivity contribution >= 4 is 46.9 Å². The molecule has 1 aromatic heterocycles. The van der Waals surface area contributed by atoms with Crippen LogP contribution in [0.3, 0.4) is 0 Å². The Hall–Kier alpha value is -4.85. The lowest BCUT2D eigenvalue weighted by molar-refractivity contribution is -0.192. The number of H-pyrrole nitrogens is 1. The number of piperidine rings is 1. The lowest BCUT2D eigenvalue weighted by Crippen LogP contribution is -2.41. The fourth-order valence-electron chi connectivity index (χ4n) is 5.15. The number of benzene rings is 2. The summed E-state index contributed by atoms with van der Waals surface area (Å²) in [5.41, 5.74) is 3.51. The first-order valence-electron chi connectivity index (χ1n) is 14.2. The molecule has 5 rings (SSSR count). The Balaban J connectivity index is 0.000000617. The lowest BCUT2D eigenvalue weighted by Gasteiger charge is -2.36. The van der Waals surface area contributed by atoms with E-state index in [1.165, 1.54) is 7.11 Å². The number of aliphatic carboxylic acids is 1. The third-order valence-electron chi connectivity index (χ3n) is 7.39. The van der Waals surface area contributed by atoms with Gasteiger partial charge < -0.3 is 25.0 Å². The van der Waals surface area contributed by atoms with Crippen LogP contribution in [0.5, 0.6) is 0 Å². The van der Waals surface area contributed by atoms with E-state index >= 15 is 0 Å². The smallest absolute Gasteiger partial charge is 0.475 e. The van der Waals surface area contributed by atoms with Gasteiger partial charge in [-0.15, -0.1) is 0 Å². The molecular weight excluding hydrogens is 631 g/mol.